The second-order valence-electron chi connectivity index (χ2n) is 9.34. The van der Waals surface area contributed by atoms with Gasteiger partial charge in [-0.1, -0.05) is 40.2 Å². The lowest BCUT2D eigenvalue weighted by atomic mass is 9.74. The summed E-state index contributed by atoms with van der Waals surface area (Å²) in [6.45, 7) is 13.5. The van der Waals surface area contributed by atoms with Crippen LogP contribution in [0.3, 0.4) is 0 Å². The molecule has 25 heavy (non-hydrogen) atoms. The summed E-state index contributed by atoms with van der Waals surface area (Å²) < 4.78 is 6.48. The molecule has 1 aliphatic rings. The molecule has 0 aromatic heterocycles. The van der Waals surface area contributed by atoms with E-state index in [-0.39, 0.29) is 16.9 Å². The molecule has 1 aromatic rings. The maximum atomic E-state index is 11.1. The second kappa shape index (κ2) is 7.14. The molecule has 0 fully saturated rings. The van der Waals surface area contributed by atoms with Crippen LogP contribution >= 0.6 is 0 Å². The highest BCUT2D eigenvalue weighted by Gasteiger charge is 2.39. The standard InChI is InChI=1S/C21H34O3Si/c1-20(2,3)25(5,6)24-17-10-11-18-16(15-17)9-7-8-13-21(18,4)14-12-19(22)23/h10-11,15H,7-9,12-14H2,1-6H3,(H,22,23). The van der Waals surface area contributed by atoms with Gasteiger partial charge in [0.15, 0.2) is 0 Å². The number of carboxylic acid groups (broad SMARTS) is 1. The molecule has 0 saturated carbocycles. The predicted octanol–water partition coefficient (Wildman–Crippen LogP) is 5.92. The highest BCUT2D eigenvalue weighted by Crippen LogP contribution is 2.42. The summed E-state index contributed by atoms with van der Waals surface area (Å²) in [5, 5.41) is 9.29. The zero-order chi connectivity index (χ0) is 18.9. The van der Waals surface area contributed by atoms with Gasteiger partial charge in [0, 0.05) is 6.42 Å². The first-order chi connectivity index (χ1) is 11.4. The van der Waals surface area contributed by atoms with Gasteiger partial charge in [-0.15, -0.1) is 0 Å². The molecule has 0 heterocycles. The monoisotopic (exact) mass is 362 g/mol. The van der Waals surface area contributed by atoms with Crippen LogP contribution in [0.15, 0.2) is 18.2 Å². The van der Waals surface area contributed by atoms with Crippen LogP contribution in [-0.2, 0) is 16.6 Å². The Morgan fingerprint density at radius 3 is 2.56 bits per heavy atom. The SMILES string of the molecule is CC1(CCC(=O)O)CCCCc2cc(O[Si](C)(C)C(C)(C)C)ccc21. The van der Waals surface area contributed by atoms with Crippen LogP contribution in [0.5, 0.6) is 5.75 Å². The lowest BCUT2D eigenvalue weighted by molar-refractivity contribution is -0.137. The van der Waals surface area contributed by atoms with E-state index in [1.807, 2.05) is 0 Å². The van der Waals surface area contributed by atoms with Crippen LogP contribution in [0.4, 0.5) is 0 Å². The highest BCUT2D eigenvalue weighted by atomic mass is 28.4. The molecule has 0 bridgehead atoms. The molecule has 1 unspecified atom stereocenters. The number of hydrogen-bond donors (Lipinski definition) is 1. The summed E-state index contributed by atoms with van der Waals surface area (Å²) in [5.74, 6) is 0.276. The number of fused-ring (bicyclic) bond motifs is 1. The molecule has 1 aromatic carbocycles. The van der Waals surface area contributed by atoms with Crippen molar-refractivity contribution in [3.8, 4) is 5.75 Å². The van der Waals surface area contributed by atoms with Crippen molar-refractivity contribution >= 4 is 14.3 Å². The Morgan fingerprint density at radius 2 is 1.96 bits per heavy atom. The van der Waals surface area contributed by atoms with E-state index in [1.54, 1.807) is 0 Å². The number of carboxylic acids is 1. The third kappa shape index (κ3) is 4.66. The molecule has 140 valence electrons. The Morgan fingerprint density at radius 1 is 1.28 bits per heavy atom. The van der Waals surface area contributed by atoms with Crippen molar-refractivity contribution in [3.63, 3.8) is 0 Å². The van der Waals surface area contributed by atoms with Crippen LogP contribution < -0.4 is 4.43 Å². The maximum Gasteiger partial charge on any atom is 0.303 e. The molecule has 1 N–H and O–H groups in total. The summed E-state index contributed by atoms with van der Waals surface area (Å²) in [6.07, 6.45) is 5.39. The number of aliphatic carboxylic acids is 1. The van der Waals surface area contributed by atoms with E-state index in [9.17, 15) is 4.79 Å². The molecule has 0 radical (unpaired) electrons. The van der Waals surface area contributed by atoms with Crippen LogP contribution in [0.1, 0.15) is 70.9 Å². The minimum atomic E-state index is -1.85. The minimum Gasteiger partial charge on any atom is -0.543 e. The zero-order valence-corrected chi connectivity index (χ0v) is 17.7. The average molecular weight is 363 g/mol. The summed E-state index contributed by atoms with van der Waals surface area (Å²) in [7, 11) is -1.85. The van der Waals surface area contributed by atoms with Crippen LogP contribution in [-0.4, -0.2) is 19.4 Å². The van der Waals surface area contributed by atoms with Crippen molar-refractivity contribution in [2.24, 2.45) is 0 Å². The Balaban J connectivity index is 2.31. The Bertz CT molecular complexity index is 631. The molecule has 0 spiro atoms. The third-order valence-electron chi connectivity index (χ3n) is 6.22. The highest BCUT2D eigenvalue weighted by molar-refractivity contribution is 6.74. The number of benzene rings is 1. The van der Waals surface area contributed by atoms with Gasteiger partial charge >= 0.3 is 5.97 Å². The molecule has 1 aliphatic carbocycles. The molecular weight excluding hydrogens is 328 g/mol. The first-order valence-electron chi connectivity index (χ1n) is 9.49. The first-order valence-corrected chi connectivity index (χ1v) is 12.4. The number of hydrogen-bond acceptors (Lipinski definition) is 2. The molecular formula is C21H34O3Si. The number of rotatable bonds is 5. The van der Waals surface area contributed by atoms with Crippen LogP contribution in [0.2, 0.25) is 18.1 Å². The zero-order valence-electron chi connectivity index (χ0n) is 16.7. The maximum absolute atomic E-state index is 11.1. The van der Waals surface area contributed by atoms with Crippen LogP contribution in [0, 0.1) is 0 Å². The Labute approximate surface area is 153 Å². The van der Waals surface area contributed by atoms with Gasteiger partial charge in [0.05, 0.1) is 0 Å². The molecule has 0 amide bonds. The lowest BCUT2D eigenvalue weighted by Crippen LogP contribution is -2.43. The van der Waals surface area contributed by atoms with Crippen molar-refractivity contribution in [1.29, 1.82) is 0 Å². The van der Waals surface area contributed by atoms with E-state index in [2.05, 4.69) is 59.0 Å². The molecule has 4 heteroatoms. The van der Waals surface area contributed by atoms with E-state index >= 15 is 0 Å². The van der Waals surface area contributed by atoms with Gasteiger partial charge in [0.25, 0.3) is 0 Å². The number of aryl methyl sites for hydroxylation is 1. The summed E-state index contributed by atoms with van der Waals surface area (Å²) in [4.78, 5) is 11.1. The van der Waals surface area contributed by atoms with E-state index in [0.29, 0.717) is 6.42 Å². The topological polar surface area (TPSA) is 46.5 Å². The fourth-order valence-electron chi connectivity index (χ4n) is 3.48. The quantitative estimate of drug-likeness (QED) is 0.522. The first kappa shape index (κ1) is 20.0. The fourth-order valence-corrected chi connectivity index (χ4v) is 4.51. The Kier molecular flexibility index (Phi) is 5.72. The average Bonchev–Trinajstić information content (AvgIpc) is 2.63. The van der Waals surface area contributed by atoms with Gasteiger partial charge in [-0.25, -0.2) is 0 Å². The van der Waals surface area contributed by atoms with Crippen molar-refractivity contribution in [2.75, 3.05) is 0 Å². The van der Waals surface area contributed by atoms with Gasteiger partial charge in [-0.2, -0.15) is 0 Å². The van der Waals surface area contributed by atoms with Gasteiger partial charge in [-0.05, 0) is 72.5 Å². The van der Waals surface area contributed by atoms with Crippen molar-refractivity contribution in [2.45, 2.75) is 89.8 Å². The third-order valence-corrected chi connectivity index (χ3v) is 10.6. The molecule has 0 aliphatic heterocycles. The fraction of sp³-hybridized carbons (Fsp3) is 0.667. The minimum absolute atomic E-state index is 0.0419. The van der Waals surface area contributed by atoms with Crippen molar-refractivity contribution in [1.82, 2.24) is 0 Å². The molecule has 0 saturated heterocycles. The van der Waals surface area contributed by atoms with Gasteiger partial charge in [0.1, 0.15) is 5.75 Å². The normalized spacial score (nSPS) is 21.4. The van der Waals surface area contributed by atoms with Gasteiger partial charge < -0.3 is 9.53 Å². The van der Waals surface area contributed by atoms with E-state index in [4.69, 9.17) is 9.53 Å². The van der Waals surface area contributed by atoms with E-state index in [1.165, 1.54) is 17.5 Å². The molecule has 2 rings (SSSR count). The van der Waals surface area contributed by atoms with Gasteiger partial charge in [-0.3, -0.25) is 4.79 Å². The van der Waals surface area contributed by atoms with Crippen LogP contribution in [0.25, 0.3) is 0 Å². The summed E-state index contributed by atoms with van der Waals surface area (Å²) >= 11 is 0. The summed E-state index contributed by atoms with van der Waals surface area (Å²) in [6, 6.07) is 6.52. The van der Waals surface area contributed by atoms with Crippen molar-refractivity contribution in [3.05, 3.63) is 29.3 Å². The largest absolute Gasteiger partial charge is 0.543 e. The number of carbonyl (C=O) groups is 1. The van der Waals surface area contributed by atoms with Crippen molar-refractivity contribution < 1.29 is 14.3 Å². The van der Waals surface area contributed by atoms with E-state index in [0.717, 1.165) is 25.0 Å². The summed E-state index contributed by atoms with van der Waals surface area (Å²) in [5.41, 5.74) is 2.63. The van der Waals surface area contributed by atoms with E-state index < -0.39 is 14.3 Å². The predicted molar refractivity (Wildman–Crippen MR) is 106 cm³/mol. The second-order valence-corrected chi connectivity index (χ2v) is 14.1. The molecule has 1 atom stereocenters. The molecule has 3 nitrogen and oxygen atoms in total. The lowest BCUT2D eigenvalue weighted by Gasteiger charge is -2.37. The van der Waals surface area contributed by atoms with Gasteiger partial charge in [0.2, 0.25) is 8.32 Å². The Hall–Kier alpha value is -1.29. The smallest absolute Gasteiger partial charge is 0.303 e.